The fraction of sp³-hybridized carbons (Fsp3) is 0.333. The number of anilines is 1. The summed E-state index contributed by atoms with van der Waals surface area (Å²) in [5, 5.41) is 19.2. The molecular formula is C24H23ClN6O3S2. The van der Waals surface area contributed by atoms with Gasteiger partial charge in [0.2, 0.25) is 10.0 Å². The molecule has 1 aliphatic heterocycles. The number of nitrogens with zero attached hydrogens (tertiary/aromatic N) is 6. The number of hydrogen-bond acceptors (Lipinski definition) is 8. The SMILES string of the molecule is N#CCCN(CCC#N)S(=O)(=O)c1ccc(C(=O)N2CCN(c3nc4ccc(Cl)cc4s3)CC2)cc1. The molecule has 186 valence electrons. The summed E-state index contributed by atoms with van der Waals surface area (Å²) in [7, 11) is -3.88. The first kappa shape index (κ1) is 25.9. The summed E-state index contributed by atoms with van der Waals surface area (Å²) in [5.74, 6) is -0.166. The molecule has 0 saturated carbocycles. The molecule has 9 nitrogen and oxygen atoms in total. The Kier molecular flexibility index (Phi) is 8.07. The molecule has 3 aromatic rings. The van der Waals surface area contributed by atoms with E-state index in [0.29, 0.717) is 36.8 Å². The van der Waals surface area contributed by atoms with Crippen molar-refractivity contribution in [1.82, 2.24) is 14.2 Å². The number of hydrogen-bond donors (Lipinski definition) is 0. The van der Waals surface area contributed by atoms with Gasteiger partial charge in [-0.15, -0.1) is 0 Å². The van der Waals surface area contributed by atoms with Gasteiger partial charge in [0, 0.05) is 62.7 Å². The van der Waals surface area contributed by atoms with E-state index in [1.807, 2.05) is 30.3 Å². The standard InChI is InChI=1S/C24H23ClN6O3S2/c25-19-5-8-21-22(17-19)35-24(28-21)30-15-13-29(14-16-30)23(32)18-3-6-20(7-4-18)36(33,34)31(11-1-9-26)12-2-10-27/h3-8,17H,1-2,11-16H2. The van der Waals surface area contributed by atoms with Gasteiger partial charge in [-0.05, 0) is 42.5 Å². The van der Waals surface area contributed by atoms with Gasteiger partial charge in [0.1, 0.15) is 0 Å². The summed E-state index contributed by atoms with van der Waals surface area (Å²) in [6.45, 7) is 2.33. The number of amides is 1. The normalized spacial score (nSPS) is 14.1. The molecule has 1 fully saturated rings. The minimum Gasteiger partial charge on any atom is -0.345 e. The largest absolute Gasteiger partial charge is 0.345 e. The number of sulfonamides is 1. The Balaban J connectivity index is 1.40. The number of piperazine rings is 1. The molecule has 0 radical (unpaired) electrons. The van der Waals surface area contributed by atoms with Crippen molar-refractivity contribution in [3.63, 3.8) is 0 Å². The number of carbonyl (C=O) groups is 1. The van der Waals surface area contributed by atoms with Crippen molar-refractivity contribution in [1.29, 1.82) is 10.5 Å². The molecule has 12 heteroatoms. The Bertz CT molecular complexity index is 1420. The zero-order valence-corrected chi connectivity index (χ0v) is 21.7. The maximum atomic E-state index is 13.0. The lowest BCUT2D eigenvalue weighted by molar-refractivity contribution is 0.0746. The third-order valence-electron chi connectivity index (χ3n) is 5.86. The second-order valence-corrected chi connectivity index (χ2v) is 11.5. The van der Waals surface area contributed by atoms with Crippen LogP contribution in [0, 0.1) is 22.7 Å². The maximum absolute atomic E-state index is 13.0. The topological polar surface area (TPSA) is 121 Å². The molecular weight excluding hydrogens is 520 g/mol. The molecule has 0 bridgehead atoms. The summed E-state index contributed by atoms with van der Waals surface area (Å²) >= 11 is 7.65. The van der Waals surface area contributed by atoms with Gasteiger partial charge >= 0.3 is 0 Å². The minimum atomic E-state index is -3.88. The fourth-order valence-corrected chi connectivity index (χ4v) is 6.66. The zero-order chi connectivity index (χ0) is 25.7. The van der Waals surface area contributed by atoms with E-state index in [9.17, 15) is 13.2 Å². The van der Waals surface area contributed by atoms with Crippen molar-refractivity contribution in [3.05, 3.63) is 53.1 Å². The highest BCUT2D eigenvalue weighted by Crippen LogP contribution is 2.31. The van der Waals surface area contributed by atoms with Crippen molar-refractivity contribution in [3.8, 4) is 12.1 Å². The highest BCUT2D eigenvalue weighted by molar-refractivity contribution is 7.89. The molecule has 0 aliphatic carbocycles. The highest BCUT2D eigenvalue weighted by Gasteiger charge is 2.26. The minimum absolute atomic E-state index is 0.00711. The molecule has 0 N–H and O–H groups in total. The van der Waals surface area contributed by atoms with Gasteiger partial charge in [0.05, 0.1) is 27.3 Å². The van der Waals surface area contributed by atoms with Crippen LogP contribution < -0.4 is 4.90 Å². The molecule has 2 heterocycles. The molecule has 0 atom stereocenters. The van der Waals surface area contributed by atoms with Crippen LogP contribution >= 0.6 is 22.9 Å². The van der Waals surface area contributed by atoms with E-state index in [-0.39, 0.29) is 36.7 Å². The molecule has 0 unspecified atom stereocenters. The second-order valence-electron chi connectivity index (χ2n) is 8.13. The summed E-state index contributed by atoms with van der Waals surface area (Å²) < 4.78 is 28.1. The molecule has 2 aromatic carbocycles. The summed E-state index contributed by atoms with van der Waals surface area (Å²) in [5.41, 5.74) is 1.30. The van der Waals surface area contributed by atoms with E-state index in [1.165, 1.54) is 24.3 Å². The molecule has 36 heavy (non-hydrogen) atoms. The number of rotatable bonds is 8. The highest BCUT2D eigenvalue weighted by atomic mass is 35.5. The Morgan fingerprint density at radius 3 is 2.28 bits per heavy atom. The van der Waals surface area contributed by atoms with E-state index in [2.05, 4.69) is 9.88 Å². The van der Waals surface area contributed by atoms with Gasteiger partial charge in [-0.1, -0.05) is 22.9 Å². The number of carbonyl (C=O) groups excluding carboxylic acids is 1. The predicted molar refractivity (Wildman–Crippen MR) is 138 cm³/mol. The van der Waals surface area contributed by atoms with Gasteiger partial charge in [0.15, 0.2) is 5.13 Å². The van der Waals surface area contributed by atoms with E-state index in [1.54, 1.807) is 16.2 Å². The van der Waals surface area contributed by atoms with E-state index >= 15 is 0 Å². The second kappa shape index (κ2) is 11.2. The molecule has 1 amide bonds. The average molecular weight is 543 g/mol. The maximum Gasteiger partial charge on any atom is 0.253 e. The van der Waals surface area contributed by atoms with Crippen molar-refractivity contribution in [2.45, 2.75) is 17.7 Å². The monoisotopic (exact) mass is 542 g/mol. The van der Waals surface area contributed by atoms with Crippen molar-refractivity contribution in [2.75, 3.05) is 44.2 Å². The number of benzene rings is 2. The molecule has 1 aliphatic rings. The Labute approximate surface area is 218 Å². The lowest BCUT2D eigenvalue weighted by atomic mass is 10.2. The quantitative estimate of drug-likeness (QED) is 0.425. The Hall–Kier alpha value is -3.22. The molecule has 0 spiro atoms. The molecule has 4 rings (SSSR count). The lowest BCUT2D eigenvalue weighted by Crippen LogP contribution is -2.48. The summed E-state index contributed by atoms with van der Waals surface area (Å²) in [4.78, 5) is 21.6. The molecule has 1 aromatic heterocycles. The lowest BCUT2D eigenvalue weighted by Gasteiger charge is -2.34. The van der Waals surface area contributed by atoms with Crippen LogP contribution in [-0.2, 0) is 10.0 Å². The van der Waals surface area contributed by atoms with Crippen LogP contribution in [0.5, 0.6) is 0 Å². The zero-order valence-electron chi connectivity index (χ0n) is 19.3. The number of fused-ring (bicyclic) bond motifs is 1. The Morgan fingerprint density at radius 1 is 1.03 bits per heavy atom. The van der Waals surface area contributed by atoms with Crippen molar-refractivity contribution < 1.29 is 13.2 Å². The first-order valence-corrected chi connectivity index (χ1v) is 13.9. The van der Waals surface area contributed by atoms with Crippen LogP contribution in [-0.4, -0.2) is 67.8 Å². The smallest absolute Gasteiger partial charge is 0.253 e. The van der Waals surface area contributed by atoms with E-state index < -0.39 is 10.0 Å². The van der Waals surface area contributed by atoms with Crippen LogP contribution in [0.2, 0.25) is 5.02 Å². The van der Waals surface area contributed by atoms with Crippen LogP contribution in [0.3, 0.4) is 0 Å². The van der Waals surface area contributed by atoms with Crippen LogP contribution in [0.15, 0.2) is 47.4 Å². The summed E-state index contributed by atoms with van der Waals surface area (Å²) in [6, 6.07) is 15.3. The Morgan fingerprint density at radius 2 is 1.67 bits per heavy atom. The number of thiazole rings is 1. The first-order chi connectivity index (χ1) is 17.3. The van der Waals surface area contributed by atoms with Crippen molar-refractivity contribution in [2.24, 2.45) is 0 Å². The van der Waals surface area contributed by atoms with Crippen LogP contribution in [0.25, 0.3) is 10.2 Å². The van der Waals surface area contributed by atoms with Gasteiger partial charge < -0.3 is 9.80 Å². The predicted octanol–water partition coefficient (Wildman–Crippen LogP) is 3.73. The van der Waals surface area contributed by atoms with Crippen LogP contribution in [0.4, 0.5) is 5.13 Å². The molecule has 1 saturated heterocycles. The van der Waals surface area contributed by atoms with Gasteiger partial charge in [0.25, 0.3) is 5.91 Å². The number of nitriles is 2. The van der Waals surface area contributed by atoms with E-state index in [0.717, 1.165) is 19.7 Å². The summed E-state index contributed by atoms with van der Waals surface area (Å²) in [6.07, 6.45) is 0.0515. The number of aromatic nitrogens is 1. The van der Waals surface area contributed by atoms with Crippen LogP contribution in [0.1, 0.15) is 23.2 Å². The fourth-order valence-electron chi connectivity index (χ4n) is 3.93. The third-order valence-corrected chi connectivity index (χ3v) is 9.09. The van der Waals surface area contributed by atoms with E-state index in [4.69, 9.17) is 22.1 Å². The third kappa shape index (κ3) is 5.61. The van der Waals surface area contributed by atoms with Crippen molar-refractivity contribution >= 4 is 54.2 Å². The van der Waals surface area contributed by atoms with Gasteiger partial charge in [-0.3, -0.25) is 4.79 Å². The number of halogens is 1. The van der Waals surface area contributed by atoms with Gasteiger partial charge in [-0.2, -0.15) is 14.8 Å². The average Bonchev–Trinajstić information content (AvgIpc) is 3.31. The van der Waals surface area contributed by atoms with Gasteiger partial charge in [-0.25, -0.2) is 13.4 Å². The first-order valence-electron chi connectivity index (χ1n) is 11.3.